The number of ketones is 1. The maximum atomic E-state index is 12.7. The molecular formula is C20H19N5O3S. The minimum Gasteiger partial charge on any atom is -0.384 e. The van der Waals surface area contributed by atoms with E-state index in [0.717, 1.165) is 41.6 Å². The number of H-pyrrole nitrogens is 1. The zero-order valence-corrected chi connectivity index (χ0v) is 16.5. The van der Waals surface area contributed by atoms with Crippen molar-refractivity contribution < 1.29 is 4.79 Å². The number of nitrogen functional groups attached to an aromatic ring is 1. The number of aryl methyl sites for hydroxylation is 1. The molecule has 0 saturated heterocycles. The number of nitrogens with one attached hydrogen (secondary N) is 1. The fourth-order valence-electron chi connectivity index (χ4n) is 3.10. The molecule has 4 rings (SSSR count). The zero-order chi connectivity index (χ0) is 20.5. The summed E-state index contributed by atoms with van der Waals surface area (Å²) in [6.45, 7) is 1.86. The molecule has 1 aliphatic carbocycles. The number of aromatic nitrogens is 4. The number of carbonyl (C=O) groups excluding carboxylic acids is 1. The van der Waals surface area contributed by atoms with Gasteiger partial charge in [-0.15, -0.1) is 0 Å². The van der Waals surface area contributed by atoms with Gasteiger partial charge in [-0.25, -0.2) is 14.8 Å². The predicted octanol–water partition coefficient (Wildman–Crippen LogP) is 2.19. The number of anilines is 1. The standard InChI is InChI=1S/C20H19N5O3S/c1-11-9-14(12-5-3-2-4-6-12)23-19(22-11)29-10-15(26)16-17(21)25(13-7-8-13)20(28)24-18(16)27/h2-6,9,13H,7-8,10,21H2,1H3,(H,24,27,28). The summed E-state index contributed by atoms with van der Waals surface area (Å²) < 4.78 is 1.30. The molecule has 1 aromatic carbocycles. The van der Waals surface area contributed by atoms with E-state index >= 15 is 0 Å². The molecule has 1 saturated carbocycles. The largest absolute Gasteiger partial charge is 0.384 e. The van der Waals surface area contributed by atoms with Crippen molar-refractivity contribution >= 4 is 23.4 Å². The van der Waals surface area contributed by atoms with Gasteiger partial charge >= 0.3 is 5.69 Å². The van der Waals surface area contributed by atoms with Gasteiger partial charge in [0.2, 0.25) is 0 Å². The smallest absolute Gasteiger partial charge is 0.330 e. The highest BCUT2D eigenvalue weighted by Crippen LogP contribution is 2.35. The van der Waals surface area contributed by atoms with Gasteiger partial charge in [-0.2, -0.15) is 0 Å². The Morgan fingerprint density at radius 1 is 1.24 bits per heavy atom. The normalized spacial score (nSPS) is 13.4. The minimum absolute atomic E-state index is 0.0490. The summed E-state index contributed by atoms with van der Waals surface area (Å²) in [6.07, 6.45) is 1.61. The SMILES string of the molecule is Cc1cc(-c2ccccc2)nc(SCC(=O)c2c(N)n(C3CC3)c(=O)[nH]c2=O)n1. The van der Waals surface area contributed by atoms with Gasteiger partial charge in [-0.1, -0.05) is 42.1 Å². The Bertz CT molecular complexity index is 1200. The molecule has 9 heteroatoms. The molecule has 2 aromatic heterocycles. The van der Waals surface area contributed by atoms with Crippen LogP contribution in [0.5, 0.6) is 0 Å². The molecule has 3 N–H and O–H groups in total. The van der Waals surface area contributed by atoms with E-state index in [1.54, 1.807) is 0 Å². The number of nitrogens with zero attached hydrogens (tertiary/aromatic N) is 3. The Kier molecular flexibility index (Phi) is 5.06. The van der Waals surface area contributed by atoms with E-state index in [1.807, 2.05) is 43.3 Å². The van der Waals surface area contributed by atoms with Crippen molar-refractivity contribution in [3.63, 3.8) is 0 Å². The molecule has 3 aromatic rings. The van der Waals surface area contributed by atoms with E-state index in [9.17, 15) is 14.4 Å². The molecule has 0 bridgehead atoms. The van der Waals surface area contributed by atoms with Gasteiger partial charge in [-0.05, 0) is 25.8 Å². The maximum absolute atomic E-state index is 12.7. The van der Waals surface area contributed by atoms with Gasteiger partial charge in [0.05, 0.1) is 11.4 Å². The molecule has 0 atom stereocenters. The Morgan fingerprint density at radius 2 is 1.97 bits per heavy atom. The Balaban J connectivity index is 1.58. The number of rotatable bonds is 6. The van der Waals surface area contributed by atoms with Crippen molar-refractivity contribution in [2.75, 3.05) is 11.5 Å². The molecule has 0 amide bonds. The van der Waals surface area contributed by atoms with Crippen molar-refractivity contribution in [2.45, 2.75) is 31.0 Å². The minimum atomic E-state index is -0.759. The molecule has 2 heterocycles. The first kappa shape index (κ1) is 19.1. The highest BCUT2D eigenvalue weighted by Gasteiger charge is 2.30. The van der Waals surface area contributed by atoms with E-state index in [-0.39, 0.29) is 23.2 Å². The first-order valence-electron chi connectivity index (χ1n) is 9.15. The lowest BCUT2D eigenvalue weighted by atomic mass is 10.1. The second-order valence-electron chi connectivity index (χ2n) is 6.88. The second-order valence-corrected chi connectivity index (χ2v) is 7.82. The summed E-state index contributed by atoms with van der Waals surface area (Å²) in [6, 6.07) is 11.5. The second kappa shape index (κ2) is 7.67. The molecule has 29 heavy (non-hydrogen) atoms. The van der Waals surface area contributed by atoms with Crippen LogP contribution < -0.4 is 17.0 Å². The maximum Gasteiger partial charge on any atom is 0.330 e. The average Bonchev–Trinajstić information content (AvgIpc) is 3.51. The number of Topliss-reactive ketones (excluding diaryl/α,β-unsaturated/α-hetero) is 1. The van der Waals surface area contributed by atoms with E-state index in [1.165, 1.54) is 4.57 Å². The summed E-state index contributed by atoms with van der Waals surface area (Å²) >= 11 is 1.13. The molecule has 0 spiro atoms. The van der Waals surface area contributed by atoms with Crippen LogP contribution in [0.15, 0.2) is 51.1 Å². The number of hydrogen-bond donors (Lipinski definition) is 2. The molecule has 8 nitrogen and oxygen atoms in total. The number of hydrogen-bond acceptors (Lipinski definition) is 7. The Labute approximate surface area is 170 Å². The summed E-state index contributed by atoms with van der Waals surface area (Å²) in [5.74, 6) is -0.593. The third-order valence-electron chi connectivity index (χ3n) is 4.61. The molecular weight excluding hydrogens is 390 g/mol. The molecule has 1 aliphatic rings. The van der Waals surface area contributed by atoms with E-state index in [4.69, 9.17) is 5.73 Å². The number of aromatic amines is 1. The van der Waals surface area contributed by atoms with Gasteiger partial charge < -0.3 is 5.73 Å². The fourth-order valence-corrected chi connectivity index (χ4v) is 3.87. The molecule has 1 fully saturated rings. The van der Waals surface area contributed by atoms with Crippen molar-refractivity contribution in [1.29, 1.82) is 0 Å². The van der Waals surface area contributed by atoms with Crippen molar-refractivity contribution in [3.05, 3.63) is 68.5 Å². The van der Waals surface area contributed by atoms with Crippen molar-refractivity contribution in [3.8, 4) is 11.3 Å². The topological polar surface area (TPSA) is 124 Å². The Morgan fingerprint density at radius 3 is 2.66 bits per heavy atom. The van der Waals surface area contributed by atoms with Crippen LogP contribution in [0.2, 0.25) is 0 Å². The van der Waals surface area contributed by atoms with Crippen LogP contribution in [0.4, 0.5) is 5.82 Å². The quantitative estimate of drug-likeness (QED) is 0.363. The first-order valence-corrected chi connectivity index (χ1v) is 10.1. The van der Waals surface area contributed by atoms with Crippen LogP contribution >= 0.6 is 11.8 Å². The number of benzene rings is 1. The number of thioether (sulfide) groups is 1. The summed E-state index contributed by atoms with van der Waals surface area (Å²) in [4.78, 5) is 48.0. The van der Waals surface area contributed by atoms with Crippen LogP contribution in [-0.4, -0.2) is 31.1 Å². The van der Waals surface area contributed by atoms with Gasteiger partial charge in [-0.3, -0.25) is 19.1 Å². The molecule has 0 aliphatic heterocycles. The van der Waals surface area contributed by atoms with Crippen LogP contribution in [-0.2, 0) is 0 Å². The lowest BCUT2D eigenvalue weighted by Gasteiger charge is -2.11. The monoisotopic (exact) mass is 409 g/mol. The van der Waals surface area contributed by atoms with Crippen LogP contribution in [0.25, 0.3) is 11.3 Å². The first-order chi connectivity index (χ1) is 13.9. The van der Waals surface area contributed by atoms with Crippen molar-refractivity contribution in [2.24, 2.45) is 0 Å². The molecule has 0 radical (unpaired) electrons. The third-order valence-corrected chi connectivity index (χ3v) is 5.46. The molecule has 148 valence electrons. The highest BCUT2D eigenvalue weighted by molar-refractivity contribution is 7.99. The molecule has 0 unspecified atom stereocenters. The fraction of sp³-hybridized carbons (Fsp3) is 0.250. The highest BCUT2D eigenvalue weighted by atomic mass is 32.2. The van der Waals surface area contributed by atoms with Gasteiger partial charge in [0.1, 0.15) is 11.4 Å². The lowest BCUT2D eigenvalue weighted by molar-refractivity contribution is 0.102. The predicted molar refractivity (Wildman–Crippen MR) is 111 cm³/mol. The zero-order valence-electron chi connectivity index (χ0n) is 15.7. The average molecular weight is 409 g/mol. The van der Waals surface area contributed by atoms with E-state index < -0.39 is 17.0 Å². The summed E-state index contributed by atoms with van der Waals surface area (Å²) in [7, 11) is 0. The lowest BCUT2D eigenvalue weighted by Crippen LogP contribution is -2.36. The third kappa shape index (κ3) is 4.00. The van der Waals surface area contributed by atoms with Crippen LogP contribution in [0.3, 0.4) is 0 Å². The Hall–Kier alpha value is -3.20. The number of carbonyl (C=O) groups is 1. The summed E-state index contributed by atoms with van der Waals surface area (Å²) in [5.41, 5.74) is 6.96. The number of nitrogens with two attached hydrogens (primary N) is 1. The van der Waals surface area contributed by atoms with Crippen LogP contribution in [0.1, 0.15) is 34.9 Å². The van der Waals surface area contributed by atoms with Gasteiger partial charge in [0, 0.05) is 17.3 Å². The van der Waals surface area contributed by atoms with Gasteiger partial charge in [0.25, 0.3) is 5.56 Å². The summed E-state index contributed by atoms with van der Waals surface area (Å²) in [5, 5.41) is 0.433. The van der Waals surface area contributed by atoms with E-state index in [0.29, 0.717) is 5.16 Å². The van der Waals surface area contributed by atoms with Crippen molar-refractivity contribution in [1.82, 2.24) is 19.5 Å². The van der Waals surface area contributed by atoms with Gasteiger partial charge in [0.15, 0.2) is 10.9 Å². The van der Waals surface area contributed by atoms with Crippen LogP contribution in [0, 0.1) is 6.92 Å². The van der Waals surface area contributed by atoms with E-state index in [2.05, 4.69) is 15.0 Å².